The Hall–Kier alpha value is -0.630. The lowest BCUT2D eigenvalue weighted by Crippen LogP contribution is -2.47. The van der Waals surface area contributed by atoms with Crippen LogP contribution in [-0.2, 0) is 17.1 Å². The molecule has 0 radical (unpaired) electrons. The minimum absolute atomic E-state index is 0.106. The van der Waals surface area contributed by atoms with Crippen molar-refractivity contribution in [2.75, 3.05) is 0 Å². The summed E-state index contributed by atoms with van der Waals surface area (Å²) in [5.74, 6) is 0. The van der Waals surface area contributed by atoms with E-state index in [1.54, 1.807) is 18.3 Å². The van der Waals surface area contributed by atoms with Crippen molar-refractivity contribution in [3.05, 3.63) is 10.8 Å². The van der Waals surface area contributed by atoms with Gasteiger partial charge in [0.05, 0.1) is 11.8 Å². The third-order valence-electron chi connectivity index (χ3n) is 4.28. The zero-order chi connectivity index (χ0) is 14.7. The number of rotatable bonds is 2. The third-order valence-corrected chi connectivity index (χ3v) is 6.98. The summed E-state index contributed by atoms with van der Waals surface area (Å²) in [4.78, 5) is 0.106. The molecule has 1 aromatic rings. The molecule has 0 amide bonds. The SMILES string of the molecule is Cc1nn(C)c(Cl)c1S(=O)(=O)N1C2CCC1CC(O)C2. The first-order valence-electron chi connectivity index (χ1n) is 6.73. The van der Waals surface area contributed by atoms with Gasteiger partial charge in [0.1, 0.15) is 10.0 Å². The summed E-state index contributed by atoms with van der Waals surface area (Å²) >= 11 is 6.11. The average molecular weight is 320 g/mol. The predicted molar refractivity (Wildman–Crippen MR) is 74.0 cm³/mol. The largest absolute Gasteiger partial charge is 0.393 e. The molecule has 0 aliphatic carbocycles. The van der Waals surface area contributed by atoms with Gasteiger partial charge in [0.15, 0.2) is 0 Å². The summed E-state index contributed by atoms with van der Waals surface area (Å²) < 4.78 is 28.8. The smallest absolute Gasteiger partial charge is 0.248 e. The molecule has 0 spiro atoms. The van der Waals surface area contributed by atoms with E-state index in [0.29, 0.717) is 18.5 Å². The molecule has 8 heteroatoms. The molecule has 3 heterocycles. The Bertz CT molecular complexity index is 629. The molecule has 2 fully saturated rings. The fourth-order valence-electron chi connectivity index (χ4n) is 3.51. The predicted octanol–water partition coefficient (Wildman–Crippen LogP) is 1.06. The highest BCUT2D eigenvalue weighted by atomic mass is 35.5. The van der Waals surface area contributed by atoms with Crippen LogP contribution >= 0.6 is 11.6 Å². The number of nitrogens with zero attached hydrogens (tertiary/aromatic N) is 3. The first kappa shape index (κ1) is 14.3. The Morgan fingerprint density at radius 1 is 1.30 bits per heavy atom. The van der Waals surface area contributed by atoms with E-state index in [1.165, 1.54) is 4.68 Å². The monoisotopic (exact) mass is 319 g/mol. The molecule has 2 bridgehead atoms. The van der Waals surface area contributed by atoms with Crippen LogP contribution in [0.5, 0.6) is 0 Å². The van der Waals surface area contributed by atoms with Gasteiger partial charge in [-0.2, -0.15) is 9.40 Å². The fraction of sp³-hybridized carbons (Fsp3) is 0.750. The Kier molecular flexibility index (Phi) is 3.36. The number of halogens is 1. The van der Waals surface area contributed by atoms with E-state index in [1.807, 2.05) is 0 Å². The molecule has 112 valence electrons. The van der Waals surface area contributed by atoms with Crippen molar-refractivity contribution in [3.8, 4) is 0 Å². The van der Waals surface area contributed by atoms with Crippen molar-refractivity contribution in [2.45, 2.75) is 55.7 Å². The quantitative estimate of drug-likeness (QED) is 0.884. The number of aliphatic hydroxyl groups excluding tert-OH is 1. The number of sulfonamides is 1. The van der Waals surface area contributed by atoms with E-state index in [9.17, 15) is 13.5 Å². The van der Waals surface area contributed by atoms with Crippen LogP contribution < -0.4 is 0 Å². The van der Waals surface area contributed by atoms with E-state index >= 15 is 0 Å². The van der Waals surface area contributed by atoms with Gasteiger partial charge in [-0.25, -0.2) is 8.42 Å². The Morgan fingerprint density at radius 2 is 1.85 bits per heavy atom. The van der Waals surface area contributed by atoms with Crippen LogP contribution in [0, 0.1) is 6.92 Å². The Balaban J connectivity index is 2.05. The molecule has 2 saturated heterocycles. The molecule has 0 saturated carbocycles. The van der Waals surface area contributed by atoms with Crippen molar-refractivity contribution in [1.29, 1.82) is 0 Å². The summed E-state index contributed by atoms with van der Waals surface area (Å²) in [6, 6.07) is -0.242. The van der Waals surface area contributed by atoms with Crippen LogP contribution in [0.4, 0.5) is 0 Å². The van der Waals surface area contributed by atoms with Gasteiger partial charge < -0.3 is 5.11 Å². The van der Waals surface area contributed by atoms with E-state index in [-0.39, 0.29) is 22.1 Å². The fourth-order valence-corrected chi connectivity index (χ4v) is 6.11. The number of fused-ring (bicyclic) bond motifs is 2. The van der Waals surface area contributed by atoms with E-state index in [0.717, 1.165) is 12.8 Å². The van der Waals surface area contributed by atoms with Gasteiger partial charge in [0.25, 0.3) is 0 Å². The lowest BCUT2D eigenvalue weighted by molar-refractivity contribution is 0.0768. The van der Waals surface area contributed by atoms with Crippen LogP contribution in [0.15, 0.2) is 4.90 Å². The molecule has 0 aromatic carbocycles. The van der Waals surface area contributed by atoms with E-state index in [2.05, 4.69) is 5.10 Å². The molecule has 1 N–H and O–H groups in total. The molecule has 2 aliphatic heterocycles. The highest BCUT2D eigenvalue weighted by molar-refractivity contribution is 7.89. The molecule has 6 nitrogen and oxygen atoms in total. The van der Waals surface area contributed by atoms with Gasteiger partial charge in [0, 0.05) is 19.1 Å². The number of aromatic nitrogens is 2. The normalized spacial score (nSPS) is 30.9. The summed E-state index contributed by atoms with van der Waals surface area (Å²) in [6.07, 6.45) is 2.22. The zero-order valence-electron chi connectivity index (χ0n) is 11.5. The second-order valence-electron chi connectivity index (χ2n) is 5.67. The van der Waals surface area contributed by atoms with Crippen LogP contribution in [0.2, 0.25) is 5.15 Å². The van der Waals surface area contributed by atoms with Gasteiger partial charge in [-0.1, -0.05) is 11.6 Å². The van der Waals surface area contributed by atoms with E-state index < -0.39 is 16.1 Å². The minimum Gasteiger partial charge on any atom is -0.393 e. The molecule has 2 atom stereocenters. The number of piperidine rings is 1. The number of aryl methyl sites for hydroxylation is 2. The maximum absolute atomic E-state index is 12.9. The van der Waals surface area contributed by atoms with Gasteiger partial charge in [-0.15, -0.1) is 0 Å². The maximum atomic E-state index is 12.9. The van der Waals surface area contributed by atoms with Crippen LogP contribution in [0.25, 0.3) is 0 Å². The molecule has 20 heavy (non-hydrogen) atoms. The Morgan fingerprint density at radius 3 is 2.30 bits per heavy atom. The van der Waals surface area contributed by atoms with Crippen molar-refractivity contribution >= 4 is 21.6 Å². The van der Waals surface area contributed by atoms with Gasteiger partial charge in [-0.05, 0) is 32.6 Å². The van der Waals surface area contributed by atoms with E-state index in [4.69, 9.17) is 11.6 Å². The highest BCUT2D eigenvalue weighted by Crippen LogP contribution is 2.41. The van der Waals surface area contributed by atoms with Crippen molar-refractivity contribution in [3.63, 3.8) is 0 Å². The van der Waals surface area contributed by atoms with Gasteiger partial charge in [0.2, 0.25) is 10.0 Å². The lowest BCUT2D eigenvalue weighted by atomic mass is 10.0. The Labute approximate surface area is 123 Å². The molecule has 3 rings (SSSR count). The zero-order valence-corrected chi connectivity index (χ0v) is 13.0. The highest BCUT2D eigenvalue weighted by Gasteiger charge is 2.48. The first-order valence-corrected chi connectivity index (χ1v) is 8.55. The molecule has 1 aromatic heterocycles. The minimum atomic E-state index is -3.65. The number of hydrogen-bond acceptors (Lipinski definition) is 4. The molecule has 2 unspecified atom stereocenters. The first-order chi connectivity index (χ1) is 9.32. The second kappa shape index (κ2) is 4.69. The number of hydrogen-bond donors (Lipinski definition) is 1. The summed E-state index contributed by atoms with van der Waals surface area (Å²) in [5.41, 5.74) is 0.419. The van der Waals surface area contributed by atoms with Crippen molar-refractivity contribution < 1.29 is 13.5 Å². The van der Waals surface area contributed by atoms with Gasteiger partial charge in [-0.3, -0.25) is 4.68 Å². The average Bonchev–Trinajstić information content (AvgIpc) is 2.76. The number of aliphatic hydroxyl groups is 1. The van der Waals surface area contributed by atoms with Crippen molar-refractivity contribution in [2.24, 2.45) is 7.05 Å². The standard InChI is InChI=1S/C12H18ClN3O3S/c1-7-11(12(13)15(2)14-7)20(18,19)16-8-3-4-9(16)6-10(17)5-8/h8-10,17H,3-6H2,1-2H3. The maximum Gasteiger partial charge on any atom is 0.248 e. The topological polar surface area (TPSA) is 75.4 Å². The van der Waals surface area contributed by atoms with Crippen LogP contribution in [0.1, 0.15) is 31.4 Å². The van der Waals surface area contributed by atoms with Gasteiger partial charge >= 0.3 is 0 Å². The summed E-state index contributed by atoms with van der Waals surface area (Å²) in [6.45, 7) is 1.65. The lowest BCUT2D eigenvalue weighted by Gasteiger charge is -2.35. The summed E-state index contributed by atoms with van der Waals surface area (Å²) in [5, 5.41) is 14.0. The molecular weight excluding hydrogens is 302 g/mol. The molecular formula is C12H18ClN3O3S. The van der Waals surface area contributed by atoms with Crippen molar-refractivity contribution in [1.82, 2.24) is 14.1 Å². The van der Waals surface area contributed by atoms with Crippen LogP contribution in [0.3, 0.4) is 0 Å². The van der Waals surface area contributed by atoms with Crippen LogP contribution in [-0.4, -0.2) is 45.8 Å². The third kappa shape index (κ3) is 1.99. The second-order valence-corrected chi connectivity index (χ2v) is 7.81. The molecule has 2 aliphatic rings. The summed E-state index contributed by atoms with van der Waals surface area (Å²) in [7, 11) is -2.03.